The molecule has 0 bridgehead atoms. The van der Waals surface area contributed by atoms with Gasteiger partial charge in [0.15, 0.2) is 0 Å². The molecular weight excluding hydrogens is 308 g/mol. The number of rotatable bonds is 2. The van der Waals surface area contributed by atoms with Crippen molar-refractivity contribution in [3.63, 3.8) is 0 Å². The van der Waals surface area contributed by atoms with Gasteiger partial charge in [-0.3, -0.25) is 9.59 Å². The predicted molar refractivity (Wildman–Crippen MR) is 76.7 cm³/mol. The second kappa shape index (κ2) is 5.74. The maximum Gasteiger partial charge on any atom is 0.253 e. The molecule has 19 heavy (non-hydrogen) atoms. The van der Waals surface area contributed by atoms with Crippen LogP contribution in [0.1, 0.15) is 28.8 Å². The van der Waals surface area contributed by atoms with Crippen LogP contribution in [0.25, 0.3) is 0 Å². The van der Waals surface area contributed by atoms with Crippen LogP contribution in [0.4, 0.5) is 0 Å². The minimum Gasteiger partial charge on any atom is -0.369 e. The average Bonchev–Trinajstić information content (AvgIpc) is 2.41. The molecule has 1 fully saturated rings. The highest BCUT2D eigenvalue weighted by molar-refractivity contribution is 9.10. The van der Waals surface area contributed by atoms with E-state index < -0.39 is 0 Å². The van der Waals surface area contributed by atoms with Gasteiger partial charge in [-0.05, 0) is 37.5 Å². The van der Waals surface area contributed by atoms with E-state index in [1.165, 1.54) is 0 Å². The van der Waals surface area contributed by atoms with Gasteiger partial charge in [0.2, 0.25) is 5.91 Å². The SMILES string of the molecule is Cc1ccc(C(=O)N2CCC(C(N)=O)CC2)cc1Br. The van der Waals surface area contributed by atoms with Crippen LogP contribution in [0.3, 0.4) is 0 Å². The first-order valence-electron chi connectivity index (χ1n) is 6.34. The first-order valence-corrected chi connectivity index (χ1v) is 7.13. The third-order valence-corrected chi connectivity index (χ3v) is 4.46. The number of amides is 2. The molecule has 1 aromatic carbocycles. The number of hydrogen-bond donors (Lipinski definition) is 1. The van der Waals surface area contributed by atoms with E-state index in [4.69, 9.17) is 5.73 Å². The second-order valence-corrected chi connectivity index (χ2v) is 5.79. The molecule has 1 saturated heterocycles. The fourth-order valence-corrected chi connectivity index (χ4v) is 2.65. The third kappa shape index (κ3) is 3.15. The predicted octanol–water partition coefficient (Wildman–Crippen LogP) is 2.10. The lowest BCUT2D eigenvalue weighted by Crippen LogP contribution is -2.41. The van der Waals surface area contributed by atoms with Gasteiger partial charge in [0.25, 0.3) is 5.91 Å². The molecule has 0 aliphatic carbocycles. The minimum atomic E-state index is -0.259. The van der Waals surface area contributed by atoms with Crippen LogP contribution in [0.2, 0.25) is 0 Å². The number of nitrogens with zero attached hydrogens (tertiary/aromatic N) is 1. The number of aryl methyl sites for hydroxylation is 1. The van der Waals surface area contributed by atoms with E-state index in [1.807, 2.05) is 25.1 Å². The normalized spacial score (nSPS) is 16.4. The fourth-order valence-electron chi connectivity index (χ4n) is 2.28. The van der Waals surface area contributed by atoms with Crippen molar-refractivity contribution >= 4 is 27.7 Å². The van der Waals surface area contributed by atoms with E-state index in [-0.39, 0.29) is 17.7 Å². The van der Waals surface area contributed by atoms with E-state index in [0.717, 1.165) is 10.0 Å². The number of hydrogen-bond acceptors (Lipinski definition) is 2. The largest absolute Gasteiger partial charge is 0.369 e. The lowest BCUT2D eigenvalue weighted by molar-refractivity contribution is -0.123. The third-order valence-electron chi connectivity index (χ3n) is 3.60. The number of nitrogens with two attached hydrogens (primary N) is 1. The molecule has 0 saturated carbocycles. The Morgan fingerprint density at radius 1 is 1.32 bits per heavy atom. The van der Waals surface area contributed by atoms with Gasteiger partial charge in [-0.1, -0.05) is 22.0 Å². The van der Waals surface area contributed by atoms with Crippen molar-refractivity contribution in [2.24, 2.45) is 11.7 Å². The van der Waals surface area contributed by atoms with Crippen LogP contribution < -0.4 is 5.73 Å². The Bertz CT molecular complexity index is 508. The Morgan fingerprint density at radius 3 is 2.47 bits per heavy atom. The van der Waals surface area contributed by atoms with Crippen molar-refractivity contribution in [2.45, 2.75) is 19.8 Å². The summed E-state index contributed by atoms with van der Waals surface area (Å²) in [7, 11) is 0. The van der Waals surface area contributed by atoms with Crippen molar-refractivity contribution in [1.82, 2.24) is 4.90 Å². The summed E-state index contributed by atoms with van der Waals surface area (Å²) in [6.07, 6.45) is 1.32. The van der Waals surface area contributed by atoms with Gasteiger partial charge < -0.3 is 10.6 Å². The highest BCUT2D eigenvalue weighted by Gasteiger charge is 2.26. The van der Waals surface area contributed by atoms with E-state index in [2.05, 4.69) is 15.9 Å². The molecule has 1 aromatic rings. The van der Waals surface area contributed by atoms with Gasteiger partial charge in [0.1, 0.15) is 0 Å². The number of carbonyl (C=O) groups excluding carboxylic acids is 2. The molecule has 0 radical (unpaired) electrons. The van der Waals surface area contributed by atoms with Crippen LogP contribution >= 0.6 is 15.9 Å². The Morgan fingerprint density at radius 2 is 1.95 bits per heavy atom. The summed E-state index contributed by atoms with van der Waals surface area (Å²) in [6.45, 7) is 3.17. The number of primary amides is 1. The Kier molecular flexibility index (Phi) is 4.24. The molecule has 2 amide bonds. The summed E-state index contributed by atoms with van der Waals surface area (Å²) in [5.41, 5.74) is 7.06. The molecule has 1 aliphatic heterocycles. The topological polar surface area (TPSA) is 63.4 Å². The zero-order valence-corrected chi connectivity index (χ0v) is 12.4. The van der Waals surface area contributed by atoms with Crippen LogP contribution in [-0.4, -0.2) is 29.8 Å². The van der Waals surface area contributed by atoms with Gasteiger partial charge in [0.05, 0.1) is 0 Å². The highest BCUT2D eigenvalue weighted by atomic mass is 79.9. The minimum absolute atomic E-state index is 0.0172. The average molecular weight is 325 g/mol. The molecular formula is C14H17BrN2O2. The summed E-state index contributed by atoms with van der Waals surface area (Å²) < 4.78 is 0.936. The quantitative estimate of drug-likeness (QED) is 0.905. The van der Waals surface area contributed by atoms with Crippen LogP contribution in [0.15, 0.2) is 22.7 Å². The maximum absolute atomic E-state index is 12.3. The number of halogens is 1. The molecule has 0 atom stereocenters. The van der Waals surface area contributed by atoms with Gasteiger partial charge in [-0.15, -0.1) is 0 Å². The zero-order chi connectivity index (χ0) is 14.0. The summed E-state index contributed by atoms with van der Waals surface area (Å²) in [6, 6.07) is 5.61. The second-order valence-electron chi connectivity index (χ2n) is 4.93. The van der Waals surface area contributed by atoms with E-state index in [0.29, 0.717) is 31.5 Å². The lowest BCUT2D eigenvalue weighted by Gasteiger charge is -2.30. The lowest BCUT2D eigenvalue weighted by atomic mass is 9.96. The molecule has 2 N–H and O–H groups in total. The van der Waals surface area contributed by atoms with Gasteiger partial charge in [0, 0.05) is 29.0 Å². The van der Waals surface area contributed by atoms with Crippen LogP contribution in [0.5, 0.6) is 0 Å². The zero-order valence-electron chi connectivity index (χ0n) is 10.9. The monoisotopic (exact) mass is 324 g/mol. The fraction of sp³-hybridized carbons (Fsp3) is 0.429. The summed E-state index contributed by atoms with van der Waals surface area (Å²) in [4.78, 5) is 25.2. The summed E-state index contributed by atoms with van der Waals surface area (Å²) in [5, 5.41) is 0. The van der Waals surface area contributed by atoms with E-state index >= 15 is 0 Å². The molecule has 2 rings (SSSR count). The van der Waals surface area contributed by atoms with E-state index in [9.17, 15) is 9.59 Å². The first-order chi connectivity index (χ1) is 8.99. The molecule has 102 valence electrons. The van der Waals surface area contributed by atoms with Crippen LogP contribution in [0, 0.1) is 12.8 Å². The van der Waals surface area contributed by atoms with Crippen molar-refractivity contribution in [3.8, 4) is 0 Å². The number of likely N-dealkylation sites (tertiary alicyclic amines) is 1. The highest BCUT2D eigenvalue weighted by Crippen LogP contribution is 2.22. The molecule has 4 nitrogen and oxygen atoms in total. The number of piperidine rings is 1. The first kappa shape index (κ1) is 14.1. The number of benzene rings is 1. The molecule has 1 heterocycles. The van der Waals surface area contributed by atoms with Crippen LogP contribution in [-0.2, 0) is 4.79 Å². The van der Waals surface area contributed by atoms with Gasteiger partial charge in [-0.2, -0.15) is 0 Å². The van der Waals surface area contributed by atoms with Crippen molar-refractivity contribution in [3.05, 3.63) is 33.8 Å². The maximum atomic E-state index is 12.3. The standard InChI is InChI=1S/C14H17BrN2O2/c1-9-2-3-11(8-12(9)15)14(19)17-6-4-10(5-7-17)13(16)18/h2-3,8,10H,4-7H2,1H3,(H2,16,18). The Hall–Kier alpha value is -1.36. The molecule has 5 heteroatoms. The van der Waals surface area contributed by atoms with Gasteiger partial charge in [-0.25, -0.2) is 0 Å². The summed E-state index contributed by atoms with van der Waals surface area (Å²) in [5.74, 6) is -0.331. The molecule has 0 unspecified atom stereocenters. The Labute approximate surface area is 121 Å². The van der Waals surface area contributed by atoms with Crippen molar-refractivity contribution in [1.29, 1.82) is 0 Å². The Balaban J connectivity index is 2.05. The van der Waals surface area contributed by atoms with Crippen molar-refractivity contribution < 1.29 is 9.59 Å². The summed E-state index contributed by atoms with van der Waals surface area (Å²) >= 11 is 3.44. The number of carbonyl (C=O) groups is 2. The molecule has 0 aromatic heterocycles. The molecule has 0 spiro atoms. The van der Waals surface area contributed by atoms with E-state index in [1.54, 1.807) is 4.90 Å². The van der Waals surface area contributed by atoms with Gasteiger partial charge >= 0.3 is 0 Å². The smallest absolute Gasteiger partial charge is 0.253 e. The van der Waals surface area contributed by atoms with Crippen molar-refractivity contribution in [2.75, 3.05) is 13.1 Å². The molecule has 1 aliphatic rings.